The third kappa shape index (κ3) is 3.63. The van der Waals surface area contributed by atoms with Crippen molar-refractivity contribution in [1.82, 2.24) is 9.78 Å². The zero-order valence-electron chi connectivity index (χ0n) is 17.1. The molecule has 0 aliphatic carbocycles. The van der Waals surface area contributed by atoms with E-state index < -0.39 is 17.6 Å². The Labute approximate surface area is 177 Å². The zero-order valence-corrected chi connectivity index (χ0v) is 17.1. The Morgan fingerprint density at radius 3 is 2.48 bits per heavy atom. The van der Waals surface area contributed by atoms with Crippen molar-refractivity contribution in [2.75, 3.05) is 5.01 Å². The maximum atomic E-state index is 13.2. The fraction of sp³-hybridized carbons (Fsp3) is 0.130. The van der Waals surface area contributed by atoms with Crippen LogP contribution in [0.4, 0.5) is 10.1 Å². The Morgan fingerprint density at radius 1 is 1.10 bits per heavy atom. The second kappa shape index (κ2) is 7.64. The molecule has 0 unspecified atom stereocenters. The summed E-state index contributed by atoms with van der Waals surface area (Å²) in [6.07, 6.45) is 1.46. The van der Waals surface area contributed by atoms with Gasteiger partial charge in [0.25, 0.3) is 11.8 Å². The van der Waals surface area contributed by atoms with E-state index in [2.05, 4.69) is 10.2 Å². The molecule has 0 bridgehead atoms. The number of aryl methyl sites for hydroxylation is 2. The summed E-state index contributed by atoms with van der Waals surface area (Å²) in [5, 5.41) is 20.2. The number of carbonyl (C=O) groups excluding carboxylic acids is 2. The van der Waals surface area contributed by atoms with Gasteiger partial charge in [-0.25, -0.2) is 4.39 Å². The number of rotatable bonds is 3. The van der Waals surface area contributed by atoms with Gasteiger partial charge in [-0.05, 0) is 63.2 Å². The van der Waals surface area contributed by atoms with Crippen LogP contribution in [0.1, 0.15) is 34.1 Å². The van der Waals surface area contributed by atoms with Crippen LogP contribution in [0.25, 0.3) is 6.08 Å². The molecule has 0 radical (unpaired) electrons. The summed E-state index contributed by atoms with van der Waals surface area (Å²) in [7, 11) is 0. The molecule has 2 heterocycles. The van der Waals surface area contributed by atoms with E-state index in [1.165, 1.54) is 30.3 Å². The van der Waals surface area contributed by atoms with Crippen molar-refractivity contribution in [3.05, 3.63) is 82.3 Å². The lowest BCUT2D eigenvalue weighted by atomic mass is 10.1. The van der Waals surface area contributed by atoms with Crippen LogP contribution < -0.4 is 5.01 Å². The molecule has 0 saturated carbocycles. The normalized spacial score (nSPS) is 15.0. The number of amides is 1. The summed E-state index contributed by atoms with van der Waals surface area (Å²) in [6, 6.07) is 12.3. The molecule has 31 heavy (non-hydrogen) atoms. The minimum absolute atomic E-state index is 0.241. The first kappa shape index (κ1) is 20.2. The number of hydrogen-bond acceptors (Lipinski definition) is 5. The minimum atomic E-state index is -0.481. The van der Waals surface area contributed by atoms with Crippen molar-refractivity contribution in [1.29, 1.82) is 0 Å². The molecule has 0 spiro atoms. The largest absolute Gasteiger partial charge is 0.493 e. The SMILES string of the molecule is CC1=NN(c2ccc(F)cc2)C(=O)/C1=C/c1c(C)nn(C(=O)c2cccc(C)c2)c1O. The average Bonchev–Trinajstić information content (AvgIpc) is 3.18. The number of anilines is 1. The molecule has 1 aromatic heterocycles. The summed E-state index contributed by atoms with van der Waals surface area (Å²) in [5.41, 5.74) is 3.00. The fourth-order valence-corrected chi connectivity index (χ4v) is 3.32. The van der Waals surface area contributed by atoms with Gasteiger partial charge in [0, 0.05) is 5.56 Å². The van der Waals surface area contributed by atoms with E-state index in [0.29, 0.717) is 22.7 Å². The fourth-order valence-electron chi connectivity index (χ4n) is 3.32. The quantitative estimate of drug-likeness (QED) is 0.655. The topological polar surface area (TPSA) is 87.8 Å². The molecule has 3 aromatic rings. The monoisotopic (exact) mass is 418 g/mol. The highest BCUT2D eigenvalue weighted by molar-refractivity contribution is 6.32. The van der Waals surface area contributed by atoms with Crippen LogP contribution in [0.3, 0.4) is 0 Å². The molecule has 4 rings (SSSR count). The molecule has 1 aliphatic rings. The van der Waals surface area contributed by atoms with Crippen LogP contribution in [0, 0.1) is 19.7 Å². The molecule has 2 aromatic carbocycles. The lowest BCUT2D eigenvalue weighted by Gasteiger charge is -2.11. The standard InChI is InChI=1S/C23H19FN4O3/c1-13-5-4-6-16(11-13)21(29)28-23(31)20(15(3)26-28)12-19-14(2)25-27(22(19)30)18-9-7-17(24)8-10-18/h4-12,31H,1-3H3/b19-12+. The molecule has 1 N–H and O–H groups in total. The second-order valence-electron chi connectivity index (χ2n) is 7.25. The summed E-state index contributed by atoms with van der Waals surface area (Å²) < 4.78 is 14.1. The predicted octanol–water partition coefficient (Wildman–Crippen LogP) is 3.84. The van der Waals surface area contributed by atoms with Crippen molar-refractivity contribution in [3.63, 3.8) is 0 Å². The van der Waals surface area contributed by atoms with E-state index in [-0.39, 0.29) is 17.0 Å². The van der Waals surface area contributed by atoms with Gasteiger partial charge in [-0.3, -0.25) is 9.59 Å². The smallest absolute Gasteiger partial charge is 0.281 e. The van der Waals surface area contributed by atoms with Crippen molar-refractivity contribution < 1.29 is 19.1 Å². The highest BCUT2D eigenvalue weighted by Crippen LogP contribution is 2.29. The summed E-state index contributed by atoms with van der Waals surface area (Å²) in [6.45, 7) is 5.15. The Morgan fingerprint density at radius 2 is 1.81 bits per heavy atom. The number of hydrazone groups is 1. The molecule has 8 heteroatoms. The highest BCUT2D eigenvalue weighted by atomic mass is 19.1. The Hall–Kier alpha value is -4.07. The van der Waals surface area contributed by atoms with Crippen molar-refractivity contribution in [3.8, 4) is 5.88 Å². The first-order valence-electron chi connectivity index (χ1n) is 9.53. The highest BCUT2D eigenvalue weighted by Gasteiger charge is 2.30. The molecule has 156 valence electrons. The molecule has 1 aliphatic heterocycles. The first-order chi connectivity index (χ1) is 14.8. The lowest BCUT2D eigenvalue weighted by Crippen LogP contribution is -2.21. The number of hydrogen-bond donors (Lipinski definition) is 1. The van der Waals surface area contributed by atoms with Gasteiger partial charge in [-0.2, -0.15) is 19.9 Å². The molecule has 1 amide bonds. The summed E-state index contributed by atoms with van der Waals surface area (Å²) in [5.74, 6) is -1.69. The second-order valence-corrected chi connectivity index (χ2v) is 7.25. The third-order valence-electron chi connectivity index (χ3n) is 4.96. The van der Waals surface area contributed by atoms with Crippen molar-refractivity contribution in [2.45, 2.75) is 20.8 Å². The Balaban J connectivity index is 1.69. The number of halogens is 1. The number of aromatic nitrogens is 2. The number of benzene rings is 2. The van der Waals surface area contributed by atoms with Crippen LogP contribution in [-0.4, -0.2) is 32.4 Å². The average molecular weight is 418 g/mol. The lowest BCUT2D eigenvalue weighted by molar-refractivity contribution is -0.114. The molecule has 0 atom stereocenters. The Bertz CT molecular complexity index is 1270. The molecule has 7 nitrogen and oxygen atoms in total. The molecular formula is C23H19FN4O3. The number of carbonyl (C=O) groups is 2. The van der Waals surface area contributed by atoms with Gasteiger partial charge in [0.15, 0.2) is 0 Å². The van der Waals surface area contributed by atoms with Gasteiger partial charge in [-0.1, -0.05) is 17.7 Å². The van der Waals surface area contributed by atoms with Crippen LogP contribution in [0.5, 0.6) is 5.88 Å². The van der Waals surface area contributed by atoms with Crippen molar-refractivity contribution >= 4 is 29.3 Å². The van der Waals surface area contributed by atoms with E-state index in [0.717, 1.165) is 15.3 Å². The summed E-state index contributed by atoms with van der Waals surface area (Å²) >= 11 is 0. The molecule has 0 saturated heterocycles. The van der Waals surface area contributed by atoms with Crippen LogP contribution in [-0.2, 0) is 4.79 Å². The van der Waals surface area contributed by atoms with Crippen LogP contribution >= 0.6 is 0 Å². The van der Waals surface area contributed by atoms with Crippen LogP contribution in [0.2, 0.25) is 0 Å². The van der Waals surface area contributed by atoms with Gasteiger partial charge in [-0.15, -0.1) is 0 Å². The van der Waals surface area contributed by atoms with E-state index in [4.69, 9.17) is 0 Å². The minimum Gasteiger partial charge on any atom is -0.493 e. The summed E-state index contributed by atoms with van der Waals surface area (Å²) in [4.78, 5) is 25.7. The maximum Gasteiger partial charge on any atom is 0.281 e. The van der Waals surface area contributed by atoms with Gasteiger partial charge >= 0.3 is 0 Å². The van der Waals surface area contributed by atoms with Gasteiger partial charge in [0.1, 0.15) is 5.82 Å². The molecule has 0 fully saturated rings. The zero-order chi connectivity index (χ0) is 22.3. The first-order valence-corrected chi connectivity index (χ1v) is 9.53. The van der Waals surface area contributed by atoms with Crippen molar-refractivity contribution in [2.24, 2.45) is 5.10 Å². The van der Waals surface area contributed by atoms with Crippen LogP contribution in [0.15, 0.2) is 59.2 Å². The van der Waals surface area contributed by atoms with E-state index in [9.17, 15) is 19.1 Å². The third-order valence-corrected chi connectivity index (χ3v) is 4.96. The van der Waals surface area contributed by atoms with Gasteiger partial charge < -0.3 is 5.11 Å². The predicted molar refractivity (Wildman–Crippen MR) is 115 cm³/mol. The van der Waals surface area contributed by atoms with E-state index in [1.807, 2.05) is 13.0 Å². The maximum absolute atomic E-state index is 13.2. The van der Waals surface area contributed by atoms with E-state index >= 15 is 0 Å². The van der Waals surface area contributed by atoms with Gasteiger partial charge in [0.2, 0.25) is 5.88 Å². The van der Waals surface area contributed by atoms with Gasteiger partial charge in [0.05, 0.1) is 28.2 Å². The number of nitrogens with zero attached hydrogens (tertiary/aromatic N) is 4. The van der Waals surface area contributed by atoms with E-state index in [1.54, 1.807) is 32.0 Å². The molecular weight excluding hydrogens is 399 g/mol. The number of aromatic hydroxyl groups is 1. The Kier molecular flexibility index (Phi) is 4.98.